The fourth-order valence-corrected chi connectivity index (χ4v) is 3.44. The average molecular weight is 459 g/mol. The lowest BCUT2D eigenvalue weighted by atomic mass is 10.0. The Morgan fingerprint density at radius 2 is 2.03 bits per heavy atom. The van der Waals surface area contributed by atoms with Crippen molar-refractivity contribution in [2.24, 2.45) is 5.73 Å². The highest BCUT2D eigenvalue weighted by atomic mass is 19.1. The van der Waals surface area contributed by atoms with Crippen LogP contribution in [0.5, 0.6) is 11.6 Å². The number of rotatable bonds is 8. The van der Waals surface area contributed by atoms with Gasteiger partial charge in [-0.2, -0.15) is 0 Å². The number of nitrogens with one attached hydrogen (secondary N) is 1. The maximum Gasteiger partial charge on any atom is 0.414 e. The van der Waals surface area contributed by atoms with Crippen molar-refractivity contribution in [1.82, 2.24) is 14.7 Å². The van der Waals surface area contributed by atoms with Crippen LogP contribution >= 0.6 is 0 Å². The number of carbonyl (C=O) groups excluding carboxylic acids is 1. The molecule has 2 heterocycles. The molecule has 0 bridgehead atoms. The molecule has 0 saturated heterocycles. The summed E-state index contributed by atoms with van der Waals surface area (Å²) in [5, 5.41) is 2.69. The number of hydrogen-bond donors (Lipinski definition) is 2. The Hall–Kier alpha value is -3.20. The standard InChI is InChI=1S/C24H28F2N4O3/c1-4-24(3,27)13-28-23(31)33-22-14(2)29-21-20(10-16(11-30(21)22)15-8-9-15)32-12-17-18(25)6-5-7-19(17)26/h5-7,10-11,15H,4,8-9,12-13,27H2,1-3H3,(H,28,31). The van der Waals surface area contributed by atoms with Gasteiger partial charge in [-0.1, -0.05) is 13.0 Å². The van der Waals surface area contributed by atoms with Gasteiger partial charge >= 0.3 is 6.09 Å². The van der Waals surface area contributed by atoms with E-state index in [9.17, 15) is 13.6 Å². The predicted octanol–water partition coefficient (Wildman–Crippen LogP) is 4.59. The number of pyridine rings is 1. The number of hydrogen-bond acceptors (Lipinski definition) is 5. The largest absolute Gasteiger partial charge is 0.485 e. The normalized spacial score (nSPS) is 15.3. The minimum absolute atomic E-state index is 0.160. The zero-order valence-electron chi connectivity index (χ0n) is 19.0. The van der Waals surface area contributed by atoms with Gasteiger partial charge in [0.1, 0.15) is 23.9 Å². The smallest absolute Gasteiger partial charge is 0.414 e. The number of carbonyl (C=O) groups is 1. The zero-order valence-corrected chi connectivity index (χ0v) is 19.0. The Bertz CT molecular complexity index is 1170. The van der Waals surface area contributed by atoms with Gasteiger partial charge in [0.05, 0.1) is 5.56 Å². The summed E-state index contributed by atoms with van der Waals surface area (Å²) < 4.78 is 41.2. The predicted molar refractivity (Wildman–Crippen MR) is 120 cm³/mol. The van der Waals surface area contributed by atoms with Crippen LogP contribution in [-0.4, -0.2) is 27.6 Å². The quantitative estimate of drug-likeness (QED) is 0.515. The van der Waals surface area contributed by atoms with Gasteiger partial charge in [0.25, 0.3) is 0 Å². The SMILES string of the molecule is CCC(C)(N)CNC(=O)Oc1c(C)nc2c(OCc3c(F)cccc3F)cc(C3CC3)cn12. The maximum atomic E-state index is 14.1. The number of fused-ring (bicyclic) bond motifs is 1. The molecule has 0 spiro atoms. The number of nitrogens with zero attached hydrogens (tertiary/aromatic N) is 2. The van der Waals surface area contributed by atoms with Crippen molar-refractivity contribution >= 4 is 11.7 Å². The monoisotopic (exact) mass is 458 g/mol. The van der Waals surface area contributed by atoms with Crippen LogP contribution in [0.4, 0.5) is 13.6 Å². The van der Waals surface area contributed by atoms with E-state index in [1.165, 1.54) is 18.2 Å². The molecule has 1 aromatic carbocycles. The van der Waals surface area contributed by atoms with E-state index in [1.807, 2.05) is 26.1 Å². The van der Waals surface area contributed by atoms with Crippen molar-refractivity contribution in [3.63, 3.8) is 0 Å². The fourth-order valence-electron chi connectivity index (χ4n) is 3.44. The second-order valence-corrected chi connectivity index (χ2v) is 8.85. The Morgan fingerprint density at radius 3 is 2.67 bits per heavy atom. The molecule has 0 aliphatic heterocycles. The fraction of sp³-hybridized carbons (Fsp3) is 0.417. The molecule has 1 fully saturated rings. The van der Waals surface area contributed by atoms with Crippen LogP contribution in [-0.2, 0) is 6.61 Å². The van der Waals surface area contributed by atoms with Gasteiger partial charge in [-0.05, 0) is 62.8 Å². The summed E-state index contributed by atoms with van der Waals surface area (Å²) in [6, 6.07) is 5.52. The van der Waals surface area contributed by atoms with Crippen LogP contribution in [0.3, 0.4) is 0 Å². The second-order valence-electron chi connectivity index (χ2n) is 8.85. The molecule has 0 radical (unpaired) electrons. The average Bonchev–Trinajstić information content (AvgIpc) is 3.57. The lowest BCUT2D eigenvalue weighted by Gasteiger charge is -2.22. The summed E-state index contributed by atoms with van der Waals surface area (Å²) in [5.41, 5.74) is 7.23. The van der Waals surface area contributed by atoms with E-state index in [1.54, 1.807) is 11.3 Å². The lowest BCUT2D eigenvalue weighted by Crippen LogP contribution is -2.47. The van der Waals surface area contributed by atoms with Crippen LogP contribution in [0.1, 0.15) is 55.8 Å². The zero-order chi connectivity index (χ0) is 23.8. The van der Waals surface area contributed by atoms with Crippen molar-refractivity contribution in [3.8, 4) is 11.6 Å². The Labute approximate surface area is 190 Å². The summed E-state index contributed by atoms with van der Waals surface area (Å²) in [7, 11) is 0. The molecule has 4 rings (SSSR count). The molecule has 1 atom stereocenters. The number of halogens is 2. The second kappa shape index (κ2) is 8.97. The van der Waals surface area contributed by atoms with E-state index in [-0.39, 0.29) is 24.6 Å². The first-order chi connectivity index (χ1) is 15.7. The van der Waals surface area contributed by atoms with Crippen molar-refractivity contribution in [1.29, 1.82) is 0 Å². The molecule has 1 unspecified atom stereocenters. The molecule has 9 heteroatoms. The first-order valence-electron chi connectivity index (χ1n) is 11.0. The third-order valence-corrected chi connectivity index (χ3v) is 5.94. The lowest BCUT2D eigenvalue weighted by molar-refractivity contribution is 0.194. The van der Waals surface area contributed by atoms with Gasteiger partial charge in [-0.25, -0.2) is 18.6 Å². The van der Waals surface area contributed by atoms with Gasteiger partial charge in [-0.15, -0.1) is 0 Å². The summed E-state index contributed by atoms with van der Waals surface area (Å²) in [6.07, 6.45) is 3.98. The molecule has 33 heavy (non-hydrogen) atoms. The van der Waals surface area contributed by atoms with Crippen molar-refractivity contribution in [2.45, 2.75) is 58.1 Å². The summed E-state index contributed by atoms with van der Waals surface area (Å²) >= 11 is 0. The highest BCUT2D eigenvalue weighted by Crippen LogP contribution is 2.42. The minimum Gasteiger partial charge on any atom is -0.485 e. The highest BCUT2D eigenvalue weighted by Gasteiger charge is 2.27. The Balaban J connectivity index is 1.63. The van der Waals surface area contributed by atoms with Crippen LogP contribution in [0.2, 0.25) is 0 Å². The first kappa shape index (κ1) is 23.0. The Kier molecular flexibility index (Phi) is 6.25. The molecule has 1 aliphatic rings. The van der Waals surface area contributed by atoms with Crippen molar-refractivity contribution in [3.05, 3.63) is 58.9 Å². The van der Waals surface area contributed by atoms with Crippen LogP contribution in [0, 0.1) is 18.6 Å². The molecule has 3 N–H and O–H groups in total. The molecule has 2 aromatic heterocycles. The number of amides is 1. The maximum absolute atomic E-state index is 14.1. The van der Waals surface area contributed by atoms with Gasteiger partial charge in [-0.3, -0.25) is 4.40 Å². The number of benzene rings is 1. The molecule has 3 aromatic rings. The van der Waals surface area contributed by atoms with Gasteiger partial charge in [0.15, 0.2) is 11.4 Å². The van der Waals surface area contributed by atoms with Crippen LogP contribution in [0.25, 0.3) is 5.65 Å². The van der Waals surface area contributed by atoms with Gasteiger partial charge in [0.2, 0.25) is 5.88 Å². The summed E-state index contributed by atoms with van der Waals surface area (Å²) in [4.78, 5) is 16.9. The van der Waals surface area contributed by atoms with Crippen LogP contribution < -0.4 is 20.5 Å². The molecular weight excluding hydrogens is 430 g/mol. The topological polar surface area (TPSA) is 90.9 Å². The molecule has 1 saturated carbocycles. The highest BCUT2D eigenvalue weighted by molar-refractivity contribution is 5.71. The van der Waals surface area contributed by atoms with E-state index < -0.39 is 23.3 Å². The number of aromatic nitrogens is 2. The molecular formula is C24H28F2N4O3. The third kappa shape index (κ3) is 5.08. The molecule has 7 nitrogen and oxygen atoms in total. The van der Waals surface area contributed by atoms with Gasteiger partial charge < -0.3 is 20.5 Å². The molecule has 1 aliphatic carbocycles. The van der Waals surface area contributed by atoms with Crippen molar-refractivity contribution in [2.75, 3.05) is 6.54 Å². The van der Waals surface area contributed by atoms with E-state index in [0.29, 0.717) is 29.4 Å². The van der Waals surface area contributed by atoms with Gasteiger partial charge in [0, 0.05) is 18.3 Å². The molecule has 176 valence electrons. The number of imidazole rings is 1. The number of ether oxygens (including phenoxy) is 2. The van der Waals surface area contributed by atoms with Crippen LogP contribution in [0.15, 0.2) is 30.5 Å². The van der Waals surface area contributed by atoms with E-state index in [2.05, 4.69) is 10.3 Å². The van der Waals surface area contributed by atoms with Crippen molar-refractivity contribution < 1.29 is 23.0 Å². The third-order valence-electron chi connectivity index (χ3n) is 5.94. The summed E-state index contributed by atoms with van der Waals surface area (Å²) in [6.45, 7) is 5.46. The van der Waals surface area contributed by atoms with E-state index in [4.69, 9.17) is 15.2 Å². The van der Waals surface area contributed by atoms with E-state index >= 15 is 0 Å². The molecule has 1 amide bonds. The summed E-state index contributed by atoms with van der Waals surface area (Å²) in [5.74, 6) is -0.385. The first-order valence-corrected chi connectivity index (χ1v) is 11.0. The Morgan fingerprint density at radius 1 is 1.33 bits per heavy atom. The number of aryl methyl sites for hydroxylation is 1. The minimum atomic E-state index is -0.677. The number of nitrogens with two attached hydrogens (primary N) is 1. The van der Waals surface area contributed by atoms with E-state index in [0.717, 1.165) is 18.4 Å².